The molecule has 0 aromatic rings. The van der Waals surface area contributed by atoms with Crippen molar-refractivity contribution in [3.05, 3.63) is 11.9 Å². The summed E-state index contributed by atoms with van der Waals surface area (Å²) in [4.78, 5) is 0. The van der Waals surface area contributed by atoms with Crippen molar-refractivity contribution in [1.82, 2.24) is 0 Å². The van der Waals surface area contributed by atoms with Crippen molar-refractivity contribution in [1.29, 1.82) is 0 Å². The van der Waals surface area contributed by atoms with Crippen LogP contribution in [0.3, 0.4) is 0 Å². The van der Waals surface area contributed by atoms with Crippen LogP contribution in [0.1, 0.15) is 48.5 Å². The van der Waals surface area contributed by atoms with Crippen LogP contribution in [0.25, 0.3) is 0 Å². The Balaban J connectivity index is 1.99. The van der Waals surface area contributed by atoms with E-state index in [2.05, 4.69) is 20.8 Å². The van der Waals surface area contributed by atoms with Crippen molar-refractivity contribution in [2.45, 2.75) is 91.1 Å². The fraction of sp³-hybridized carbons (Fsp3) is 0.895. The molecule has 0 aliphatic carbocycles. The third kappa shape index (κ3) is 5.17. The van der Waals surface area contributed by atoms with Gasteiger partial charge in [0.05, 0.1) is 24.4 Å². The molecule has 146 valence electrons. The molecule has 2 radical (unpaired) electrons. The van der Waals surface area contributed by atoms with Crippen LogP contribution in [0.2, 0.25) is 0 Å². The van der Waals surface area contributed by atoms with E-state index in [9.17, 15) is 4.57 Å². The zero-order chi connectivity index (χ0) is 19.6. The summed E-state index contributed by atoms with van der Waals surface area (Å²) in [5.74, 6) is 2.11. The molecule has 2 aliphatic heterocycles. The van der Waals surface area contributed by atoms with Gasteiger partial charge in [-0.1, -0.05) is 27.7 Å². The third-order valence-corrected chi connectivity index (χ3v) is 6.20. The van der Waals surface area contributed by atoms with Crippen molar-refractivity contribution >= 4 is 15.9 Å². The van der Waals surface area contributed by atoms with Crippen molar-refractivity contribution < 1.29 is 23.3 Å². The molecule has 2 aliphatic rings. The van der Waals surface area contributed by atoms with Crippen LogP contribution in [0.15, 0.2) is 11.9 Å². The first kappa shape index (κ1) is 22.0. The standard InChI is InChI=1S/C19H33BO5P/c1-10(2)16-18(13(6)19(20)24-16)25-26(21)9-8-15-17(22-11(3)4)12(5)14(7)23-15/h8-19H,1-7H3/q+1/b9-8+/t12?,13?,14-,15+,16+,17+,18+,19+/m0/s1. The van der Waals surface area contributed by atoms with Gasteiger partial charge in [0, 0.05) is 17.8 Å². The Labute approximate surface area is 160 Å². The molecule has 0 aromatic heterocycles. The largest absolute Gasteiger partial charge is 0.541 e. The third-order valence-electron chi connectivity index (χ3n) is 5.34. The molecule has 0 aromatic carbocycles. The summed E-state index contributed by atoms with van der Waals surface area (Å²) in [7, 11) is 4.02. The smallest absolute Gasteiger partial charge is 0.381 e. The highest BCUT2D eigenvalue weighted by Gasteiger charge is 2.46. The van der Waals surface area contributed by atoms with Gasteiger partial charge in [-0.05, 0) is 37.3 Å². The summed E-state index contributed by atoms with van der Waals surface area (Å²) in [5, 5.41) is 0. The van der Waals surface area contributed by atoms with Gasteiger partial charge in [0.25, 0.3) is 0 Å². The Hall–Kier alpha value is -0.255. The van der Waals surface area contributed by atoms with E-state index < -0.39 is 8.03 Å². The van der Waals surface area contributed by atoms with Gasteiger partial charge < -0.3 is 14.2 Å². The van der Waals surface area contributed by atoms with Crippen LogP contribution in [0, 0.1) is 17.8 Å². The molecule has 26 heavy (non-hydrogen) atoms. The van der Waals surface area contributed by atoms with E-state index in [4.69, 9.17) is 26.6 Å². The first-order valence-corrected chi connectivity index (χ1v) is 10.9. The SMILES string of the molecule is [B][C@@H]1O[C@H](C(C)C)[C@H](O[P+](=O)/C=C/[C@H]2O[C@@H](C)C(C)[C@H]2OC(C)C)C1C. The van der Waals surface area contributed by atoms with Crippen LogP contribution in [-0.2, 0) is 23.3 Å². The molecule has 0 amide bonds. The Bertz CT molecular complexity index is 512. The van der Waals surface area contributed by atoms with Crippen LogP contribution in [0.4, 0.5) is 0 Å². The van der Waals surface area contributed by atoms with E-state index in [0.717, 1.165) is 0 Å². The van der Waals surface area contributed by atoms with Gasteiger partial charge in [-0.15, -0.1) is 4.52 Å². The molecule has 7 heteroatoms. The van der Waals surface area contributed by atoms with E-state index in [-0.39, 0.29) is 60.4 Å². The van der Waals surface area contributed by atoms with E-state index in [1.165, 1.54) is 0 Å². The quantitative estimate of drug-likeness (QED) is 0.491. The Morgan fingerprint density at radius 3 is 2.27 bits per heavy atom. The molecule has 2 rings (SSSR count). The zero-order valence-electron chi connectivity index (χ0n) is 17.0. The fourth-order valence-corrected chi connectivity index (χ4v) is 4.49. The monoisotopic (exact) mass is 383 g/mol. The highest BCUT2D eigenvalue weighted by atomic mass is 31.1. The molecule has 0 bridgehead atoms. The Morgan fingerprint density at radius 2 is 1.69 bits per heavy atom. The molecular weight excluding hydrogens is 350 g/mol. The van der Waals surface area contributed by atoms with Crippen LogP contribution >= 0.6 is 8.03 Å². The minimum atomic E-state index is -1.97. The van der Waals surface area contributed by atoms with Crippen LogP contribution in [-0.4, -0.2) is 50.5 Å². The van der Waals surface area contributed by atoms with Crippen molar-refractivity contribution in [3.8, 4) is 0 Å². The van der Waals surface area contributed by atoms with E-state index in [1.54, 1.807) is 5.82 Å². The first-order chi connectivity index (χ1) is 12.1. The average molecular weight is 383 g/mol. The minimum Gasteiger partial charge on any atom is -0.381 e. The molecule has 3 unspecified atom stereocenters. The summed E-state index contributed by atoms with van der Waals surface area (Å²) in [6, 6.07) is -0.386. The molecule has 0 saturated carbocycles. The van der Waals surface area contributed by atoms with E-state index in [1.807, 2.05) is 33.8 Å². The van der Waals surface area contributed by atoms with E-state index in [0.29, 0.717) is 0 Å². The topological polar surface area (TPSA) is 54.0 Å². The fourth-order valence-electron chi connectivity index (χ4n) is 3.56. The maximum absolute atomic E-state index is 12.5. The highest BCUT2D eigenvalue weighted by Crippen LogP contribution is 2.39. The molecule has 2 saturated heterocycles. The Kier molecular flexibility index (Phi) is 7.88. The lowest BCUT2D eigenvalue weighted by molar-refractivity contribution is -0.0326. The second kappa shape index (κ2) is 9.29. The van der Waals surface area contributed by atoms with E-state index >= 15 is 0 Å². The summed E-state index contributed by atoms with van der Waals surface area (Å²) in [6.07, 6.45) is 1.34. The molecule has 9 atom stereocenters. The van der Waals surface area contributed by atoms with Crippen molar-refractivity contribution in [2.75, 3.05) is 0 Å². The Morgan fingerprint density at radius 1 is 1.04 bits per heavy atom. The lowest BCUT2D eigenvalue weighted by Crippen LogP contribution is -2.31. The van der Waals surface area contributed by atoms with Crippen LogP contribution < -0.4 is 0 Å². The molecule has 0 N–H and O–H groups in total. The zero-order valence-corrected chi connectivity index (χ0v) is 17.9. The molecule has 2 heterocycles. The van der Waals surface area contributed by atoms with Gasteiger partial charge in [0.2, 0.25) is 0 Å². The van der Waals surface area contributed by atoms with Gasteiger partial charge in [-0.2, -0.15) is 0 Å². The number of ether oxygens (including phenoxy) is 3. The molecule has 0 spiro atoms. The van der Waals surface area contributed by atoms with Gasteiger partial charge in [0.1, 0.15) is 20.1 Å². The lowest BCUT2D eigenvalue weighted by Gasteiger charge is -2.21. The lowest BCUT2D eigenvalue weighted by atomic mass is 9.85. The van der Waals surface area contributed by atoms with Gasteiger partial charge in [0.15, 0.2) is 5.82 Å². The van der Waals surface area contributed by atoms with Gasteiger partial charge >= 0.3 is 8.03 Å². The van der Waals surface area contributed by atoms with Crippen molar-refractivity contribution in [2.24, 2.45) is 17.8 Å². The maximum atomic E-state index is 12.5. The average Bonchev–Trinajstić information content (AvgIpc) is 2.97. The second-order valence-corrected chi connectivity index (χ2v) is 9.26. The highest BCUT2D eigenvalue weighted by molar-refractivity contribution is 7.42. The van der Waals surface area contributed by atoms with Gasteiger partial charge in [-0.25, -0.2) is 0 Å². The predicted octanol–water partition coefficient (Wildman–Crippen LogP) is 4.03. The summed E-state index contributed by atoms with van der Waals surface area (Å²) < 4.78 is 36.1. The maximum Gasteiger partial charge on any atom is 0.541 e. The van der Waals surface area contributed by atoms with Crippen molar-refractivity contribution in [3.63, 3.8) is 0 Å². The molecule has 2 fully saturated rings. The number of rotatable bonds is 7. The second-order valence-electron chi connectivity index (χ2n) is 8.18. The summed E-state index contributed by atoms with van der Waals surface area (Å²) in [6.45, 7) is 14.3. The summed E-state index contributed by atoms with van der Waals surface area (Å²) in [5.41, 5.74) is 0. The summed E-state index contributed by atoms with van der Waals surface area (Å²) >= 11 is 0. The molecular formula is C19H33BO5P+. The number of hydrogen-bond donors (Lipinski definition) is 0. The minimum absolute atomic E-state index is 0.00505. The first-order valence-electron chi connectivity index (χ1n) is 9.65. The van der Waals surface area contributed by atoms with Gasteiger partial charge in [-0.3, -0.25) is 0 Å². The number of hydrogen-bond acceptors (Lipinski definition) is 5. The predicted molar refractivity (Wildman–Crippen MR) is 104 cm³/mol. The normalized spacial score (nSPS) is 41.7. The van der Waals surface area contributed by atoms with Crippen LogP contribution in [0.5, 0.6) is 0 Å². The molecule has 5 nitrogen and oxygen atoms in total.